The maximum atomic E-state index is 5.40. The molecular formula is C16H17N5O. The Balaban J connectivity index is 1.50. The summed E-state index contributed by atoms with van der Waals surface area (Å²) >= 11 is 0. The lowest BCUT2D eigenvalue weighted by atomic mass is 9.99. The molecule has 6 heteroatoms. The number of fused-ring (bicyclic) bond motifs is 1. The van der Waals surface area contributed by atoms with Gasteiger partial charge in [0.25, 0.3) is 0 Å². The Morgan fingerprint density at radius 1 is 1.32 bits per heavy atom. The van der Waals surface area contributed by atoms with Crippen LogP contribution in [0.2, 0.25) is 0 Å². The van der Waals surface area contributed by atoms with Gasteiger partial charge in [-0.3, -0.25) is 10.00 Å². The normalized spacial score (nSPS) is 18.3. The van der Waals surface area contributed by atoms with Crippen LogP contribution in [-0.4, -0.2) is 31.8 Å². The monoisotopic (exact) mass is 295 g/mol. The molecule has 3 heterocycles. The van der Waals surface area contributed by atoms with Crippen molar-refractivity contribution < 1.29 is 4.52 Å². The molecule has 0 spiro atoms. The highest BCUT2D eigenvalue weighted by Crippen LogP contribution is 2.26. The van der Waals surface area contributed by atoms with E-state index in [9.17, 15) is 0 Å². The highest BCUT2D eigenvalue weighted by molar-refractivity contribution is 5.53. The van der Waals surface area contributed by atoms with E-state index in [1.165, 1.54) is 11.3 Å². The van der Waals surface area contributed by atoms with E-state index in [-0.39, 0.29) is 0 Å². The second-order valence-corrected chi connectivity index (χ2v) is 5.76. The first kappa shape index (κ1) is 13.2. The van der Waals surface area contributed by atoms with Gasteiger partial charge in [0.2, 0.25) is 11.7 Å². The van der Waals surface area contributed by atoms with Gasteiger partial charge in [-0.2, -0.15) is 10.1 Å². The Morgan fingerprint density at radius 3 is 3.05 bits per heavy atom. The van der Waals surface area contributed by atoms with Gasteiger partial charge in [-0.05, 0) is 0 Å². The van der Waals surface area contributed by atoms with Crippen LogP contribution in [0.25, 0.3) is 11.4 Å². The fraction of sp³-hybridized carbons (Fsp3) is 0.312. The molecule has 1 unspecified atom stereocenters. The van der Waals surface area contributed by atoms with Crippen LogP contribution in [0.15, 0.2) is 41.1 Å². The van der Waals surface area contributed by atoms with Gasteiger partial charge in [0, 0.05) is 35.8 Å². The number of nitrogens with one attached hydrogen (secondary N) is 1. The predicted octanol–water partition coefficient (Wildman–Crippen LogP) is 2.58. The number of aromatic amines is 1. The summed E-state index contributed by atoms with van der Waals surface area (Å²) in [4.78, 5) is 6.81. The molecule has 1 aliphatic rings. The van der Waals surface area contributed by atoms with E-state index in [1.54, 1.807) is 0 Å². The summed E-state index contributed by atoms with van der Waals surface area (Å²) in [7, 11) is 0. The third kappa shape index (κ3) is 2.42. The molecule has 0 saturated carbocycles. The smallest absolute Gasteiger partial charge is 0.241 e. The van der Waals surface area contributed by atoms with Crippen molar-refractivity contribution in [1.29, 1.82) is 0 Å². The molecule has 1 N–H and O–H groups in total. The van der Waals surface area contributed by atoms with E-state index in [2.05, 4.69) is 32.2 Å². The van der Waals surface area contributed by atoms with Crippen LogP contribution >= 0.6 is 0 Å². The van der Waals surface area contributed by atoms with Crippen LogP contribution in [0.5, 0.6) is 0 Å². The third-order valence-electron chi connectivity index (χ3n) is 4.03. The van der Waals surface area contributed by atoms with Crippen LogP contribution in [0.3, 0.4) is 0 Å². The number of benzene rings is 1. The van der Waals surface area contributed by atoms with Crippen LogP contribution < -0.4 is 0 Å². The van der Waals surface area contributed by atoms with Gasteiger partial charge < -0.3 is 4.52 Å². The molecule has 112 valence electrons. The van der Waals surface area contributed by atoms with E-state index < -0.39 is 0 Å². The Bertz CT molecular complexity index is 764. The molecule has 6 nitrogen and oxygen atoms in total. The fourth-order valence-corrected chi connectivity index (χ4v) is 2.99. The van der Waals surface area contributed by atoms with Gasteiger partial charge >= 0.3 is 0 Å². The summed E-state index contributed by atoms with van der Waals surface area (Å²) in [6, 6.07) is 9.88. The third-order valence-corrected chi connectivity index (χ3v) is 4.03. The van der Waals surface area contributed by atoms with Crippen LogP contribution in [0.1, 0.15) is 30.0 Å². The molecule has 0 fully saturated rings. The molecule has 0 saturated heterocycles. The van der Waals surface area contributed by atoms with Gasteiger partial charge in [0.1, 0.15) is 0 Å². The largest absolute Gasteiger partial charge is 0.338 e. The quantitative estimate of drug-likeness (QED) is 0.804. The van der Waals surface area contributed by atoms with Crippen LogP contribution in [0, 0.1) is 0 Å². The highest BCUT2D eigenvalue weighted by atomic mass is 16.5. The van der Waals surface area contributed by atoms with Crippen molar-refractivity contribution in [1.82, 2.24) is 25.2 Å². The molecule has 2 aromatic heterocycles. The van der Waals surface area contributed by atoms with E-state index in [4.69, 9.17) is 4.52 Å². The first-order chi connectivity index (χ1) is 10.8. The van der Waals surface area contributed by atoms with Crippen molar-refractivity contribution in [2.45, 2.75) is 25.9 Å². The van der Waals surface area contributed by atoms with E-state index in [1.807, 2.05) is 36.5 Å². The Morgan fingerprint density at radius 2 is 2.18 bits per heavy atom. The molecule has 1 aromatic carbocycles. The fourth-order valence-electron chi connectivity index (χ4n) is 2.99. The maximum absolute atomic E-state index is 5.40. The molecule has 1 aliphatic heterocycles. The Labute approximate surface area is 128 Å². The summed E-state index contributed by atoms with van der Waals surface area (Å²) in [6.45, 7) is 4.68. The molecule has 0 amide bonds. The van der Waals surface area contributed by atoms with Gasteiger partial charge in [-0.1, -0.05) is 42.4 Å². The lowest BCUT2D eigenvalue weighted by Gasteiger charge is -2.29. The van der Waals surface area contributed by atoms with Crippen molar-refractivity contribution in [3.8, 4) is 11.4 Å². The van der Waals surface area contributed by atoms with Crippen molar-refractivity contribution in [3.05, 3.63) is 53.7 Å². The van der Waals surface area contributed by atoms with Crippen molar-refractivity contribution >= 4 is 0 Å². The number of rotatable bonds is 3. The average molecular weight is 295 g/mol. The van der Waals surface area contributed by atoms with Gasteiger partial charge in [0.05, 0.1) is 12.7 Å². The maximum Gasteiger partial charge on any atom is 0.241 e. The minimum atomic E-state index is 0.433. The number of H-pyrrole nitrogens is 1. The lowest BCUT2D eigenvalue weighted by molar-refractivity contribution is 0.195. The SMILES string of the molecule is CC1CN(Cc2nc(-c3ccccc3)no2)Cc2cn[nH]c21. The predicted molar refractivity (Wildman–Crippen MR) is 80.9 cm³/mol. The summed E-state index contributed by atoms with van der Waals surface area (Å²) < 4.78 is 5.40. The van der Waals surface area contributed by atoms with Crippen molar-refractivity contribution in [3.63, 3.8) is 0 Å². The standard InChI is InChI=1S/C16H17N5O/c1-11-8-21(9-13-7-17-19-15(11)13)10-14-18-16(20-22-14)12-5-3-2-4-6-12/h2-7,11H,8-10H2,1H3,(H,17,19). The summed E-state index contributed by atoms with van der Waals surface area (Å²) in [5.41, 5.74) is 3.47. The number of hydrogen-bond acceptors (Lipinski definition) is 5. The van der Waals surface area contributed by atoms with Crippen molar-refractivity contribution in [2.24, 2.45) is 0 Å². The summed E-state index contributed by atoms with van der Waals surface area (Å²) in [5, 5.41) is 11.3. The molecule has 4 rings (SSSR count). The average Bonchev–Trinajstić information content (AvgIpc) is 3.17. The molecule has 0 bridgehead atoms. The second-order valence-electron chi connectivity index (χ2n) is 5.76. The number of nitrogens with zero attached hydrogens (tertiary/aromatic N) is 4. The zero-order valence-electron chi connectivity index (χ0n) is 12.4. The van der Waals surface area contributed by atoms with Crippen LogP contribution in [-0.2, 0) is 13.1 Å². The molecule has 1 atom stereocenters. The van der Waals surface area contributed by atoms with E-state index in [0.717, 1.165) is 18.7 Å². The first-order valence-corrected chi connectivity index (χ1v) is 7.42. The zero-order valence-corrected chi connectivity index (χ0v) is 12.4. The molecule has 22 heavy (non-hydrogen) atoms. The second kappa shape index (κ2) is 5.38. The summed E-state index contributed by atoms with van der Waals surface area (Å²) in [6.07, 6.45) is 1.90. The molecule has 3 aromatic rings. The first-order valence-electron chi connectivity index (χ1n) is 7.42. The van der Waals surface area contributed by atoms with Gasteiger partial charge in [-0.25, -0.2) is 0 Å². The minimum Gasteiger partial charge on any atom is -0.338 e. The minimum absolute atomic E-state index is 0.433. The molecular weight excluding hydrogens is 278 g/mol. The number of aromatic nitrogens is 4. The van der Waals surface area contributed by atoms with Crippen molar-refractivity contribution in [2.75, 3.05) is 6.54 Å². The van der Waals surface area contributed by atoms with E-state index in [0.29, 0.717) is 24.2 Å². The zero-order chi connectivity index (χ0) is 14.9. The van der Waals surface area contributed by atoms with Crippen LogP contribution in [0.4, 0.5) is 0 Å². The highest BCUT2D eigenvalue weighted by Gasteiger charge is 2.25. The molecule has 0 aliphatic carbocycles. The topological polar surface area (TPSA) is 70.8 Å². The number of hydrogen-bond donors (Lipinski definition) is 1. The Hall–Kier alpha value is -2.47. The Kier molecular flexibility index (Phi) is 3.23. The van der Waals surface area contributed by atoms with Gasteiger partial charge in [0.15, 0.2) is 0 Å². The molecule has 0 radical (unpaired) electrons. The lowest BCUT2D eigenvalue weighted by Crippen LogP contribution is -2.32. The van der Waals surface area contributed by atoms with Gasteiger partial charge in [-0.15, -0.1) is 0 Å². The van der Waals surface area contributed by atoms with E-state index >= 15 is 0 Å². The summed E-state index contributed by atoms with van der Waals surface area (Å²) in [5.74, 6) is 1.73.